The number of aromatic nitrogens is 4. The van der Waals surface area contributed by atoms with Gasteiger partial charge in [0.25, 0.3) is 0 Å². The molecule has 0 amide bonds. The summed E-state index contributed by atoms with van der Waals surface area (Å²) in [5.74, 6) is 0.443. The SMILES string of the molecule is CN(C)c1nn(-c2c(Cl)cc(Cl)cc2Cl)n[n+]1-c1c(Cl)cc(Cl)cc1Cl. The summed E-state index contributed by atoms with van der Waals surface area (Å²) in [6.07, 6.45) is 0. The first kappa shape index (κ1) is 19.8. The minimum absolute atomic E-state index is 0.295. The zero-order valence-corrected chi connectivity index (χ0v) is 17.8. The summed E-state index contributed by atoms with van der Waals surface area (Å²) in [6, 6.07) is 6.24. The Hall–Kier alpha value is -0.950. The molecule has 1 aromatic heterocycles. The molecular weight excluding hydrogens is 463 g/mol. The Morgan fingerprint density at radius 1 is 0.808 bits per heavy atom. The lowest BCUT2D eigenvalue weighted by Gasteiger charge is -2.07. The Morgan fingerprint density at radius 3 is 1.73 bits per heavy atom. The van der Waals surface area contributed by atoms with Gasteiger partial charge in [-0.2, -0.15) is 0 Å². The zero-order chi connectivity index (χ0) is 19.2. The van der Waals surface area contributed by atoms with Gasteiger partial charge in [0.1, 0.15) is 0 Å². The van der Waals surface area contributed by atoms with Crippen molar-refractivity contribution in [2.75, 3.05) is 19.0 Å². The van der Waals surface area contributed by atoms with Gasteiger partial charge in [-0.25, -0.2) is 0 Å². The summed E-state index contributed by atoms with van der Waals surface area (Å²) in [6.45, 7) is 0. The number of hydrogen-bond donors (Lipinski definition) is 0. The summed E-state index contributed by atoms with van der Waals surface area (Å²) in [5, 5.41) is 10.9. The van der Waals surface area contributed by atoms with Gasteiger partial charge in [0.2, 0.25) is 0 Å². The van der Waals surface area contributed by atoms with E-state index >= 15 is 0 Å². The number of nitrogens with zero attached hydrogens (tertiary/aromatic N) is 5. The van der Waals surface area contributed by atoms with Crippen molar-refractivity contribution in [1.29, 1.82) is 0 Å². The van der Waals surface area contributed by atoms with Gasteiger partial charge in [0.15, 0.2) is 11.4 Å². The molecule has 0 unspecified atom stereocenters. The van der Waals surface area contributed by atoms with Crippen molar-refractivity contribution in [3.63, 3.8) is 0 Å². The molecule has 1 heterocycles. The van der Waals surface area contributed by atoms with Crippen molar-refractivity contribution in [2.24, 2.45) is 0 Å². The van der Waals surface area contributed by atoms with Crippen LogP contribution >= 0.6 is 69.6 Å². The molecule has 5 nitrogen and oxygen atoms in total. The Labute approximate surface area is 179 Å². The molecule has 0 aliphatic carbocycles. The molecule has 0 saturated heterocycles. The van der Waals surface area contributed by atoms with E-state index in [0.717, 1.165) is 0 Å². The van der Waals surface area contributed by atoms with Crippen molar-refractivity contribution >= 4 is 75.6 Å². The van der Waals surface area contributed by atoms with Crippen molar-refractivity contribution in [1.82, 2.24) is 15.1 Å². The third-order valence-electron chi connectivity index (χ3n) is 3.32. The summed E-state index contributed by atoms with van der Waals surface area (Å²) in [7, 11) is 3.60. The molecule has 136 valence electrons. The molecule has 3 aromatic rings. The minimum Gasteiger partial charge on any atom is -0.283 e. The molecule has 0 aliphatic heterocycles. The van der Waals surface area contributed by atoms with E-state index in [1.165, 1.54) is 9.48 Å². The van der Waals surface area contributed by atoms with Crippen molar-refractivity contribution in [3.8, 4) is 11.4 Å². The Balaban J connectivity index is 2.28. The van der Waals surface area contributed by atoms with E-state index in [9.17, 15) is 0 Å². The normalized spacial score (nSPS) is 11.1. The van der Waals surface area contributed by atoms with Crippen LogP contribution in [0.2, 0.25) is 30.1 Å². The van der Waals surface area contributed by atoms with E-state index in [2.05, 4.69) is 10.3 Å². The molecule has 26 heavy (non-hydrogen) atoms. The van der Waals surface area contributed by atoms with E-state index < -0.39 is 0 Å². The Morgan fingerprint density at radius 2 is 1.27 bits per heavy atom. The maximum atomic E-state index is 6.33. The molecule has 11 heteroatoms. The second-order valence-corrected chi connectivity index (χ2v) is 7.92. The fourth-order valence-corrected chi connectivity index (χ4v) is 4.20. The lowest BCUT2D eigenvalue weighted by Crippen LogP contribution is -2.39. The molecule has 2 aromatic carbocycles. The van der Waals surface area contributed by atoms with Crippen LogP contribution in [0.1, 0.15) is 0 Å². The third kappa shape index (κ3) is 3.70. The highest BCUT2D eigenvalue weighted by Gasteiger charge is 2.28. The van der Waals surface area contributed by atoms with E-state index in [1.807, 2.05) is 0 Å². The number of hydrogen-bond acceptors (Lipinski definition) is 3. The van der Waals surface area contributed by atoms with Crippen molar-refractivity contribution in [3.05, 3.63) is 54.4 Å². The van der Waals surface area contributed by atoms with Crippen LogP contribution in [0.15, 0.2) is 24.3 Å². The van der Waals surface area contributed by atoms with Crippen LogP contribution in [0.3, 0.4) is 0 Å². The molecule has 3 rings (SSSR count). The number of halogens is 6. The quantitative estimate of drug-likeness (QED) is 0.470. The first-order valence-electron chi connectivity index (χ1n) is 7.06. The molecule has 0 aliphatic rings. The average Bonchev–Trinajstić information content (AvgIpc) is 2.89. The predicted octanol–water partition coefficient (Wildman–Crippen LogP) is 5.53. The summed E-state index contributed by atoms with van der Waals surface area (Å²) in [4.78, 5) is 3.03. The topological polar surface area (TPSA) is 37.8 Å². The predicted molar refractivity (Wildman–Crippen MR) is 107 cm³/mol. The van der Waals surface area contributed by atoms with Crippen LogP contribution < -0.4 is 9.58 Å². The largest absolute Gasteiger partial charge is 0.405 e. The number of rotatable bonds is 3. The van der Waals surface area contributed by atoms with Gasteiger partial charge >= 0.3 is 5.95 Å². The van der Waals surface area contributed by atoms with Crippen LogP contribution in [0.25, 0.3) is 11.4 Å². The second kappa shape index (κ2) is 7.58. The van der Waals surface area contributed by atoms with E-state index in [0.29, 0.717) is 47.5 Å². The number of benzene rings is 2. The molecule has 0 bridgehead atoms. The Bertz CT molecular complexity index is 954. The summed E-state index contributed by atoms with van der Waals surface area (Å²) >= 11 is 37.2. The van der Waals surface area contributed by atoms with Gasteiger partial charge in [-0.05, 0) is 29.1 Å². The summed E-state index contributed by atoms with van der Waals surface area (Å²) in [5.41, 5.74) is 0.801. The highest BCUT2D eigenvalue weighted by Crippen LogP contribution is 2.33. The molecule has 0 atom stereocenters. The molecule has 0 spiro atoms. The third-order valence-corrected chi connectivity index (χ3v) is 4.91. The van der Waals surface area contributed by atoms with Crippen LogP contribution in [-0.2, 0) is 0 Å². The fourth-order valence-electron chi connectivity index (χ4n) is 2.25. The van der Waals surface area contributed by atoms with Gasteiger partial charge in [-0.1, -0.05) is 74.3 Å². The zero-order valence-electron chi connectivity index (χ0n) is 13.3. The van der Waals surface area contributed by atoms with Gasteiger partial charge < -0.3 is 0 Å². The van der Waals surface area contributed by atoms with Crippen molar-refractivity contribution in [2.45, 2.75) is 0 Å². The number of tetrazole rings is 1. The van der Waals surface area contributed by atoms with Crippen molar-refractivity contribution < 1.29 is 4.68 Å². The number of anilines is 1. The lowest BCUT2D eigenvalue weighted by molar-refractivity contribution is -0.649. The van der Waals surface area contributed by atoms with Crippen LogP contribution in [-0.4, -0.2) is 29.2 Å². The molecular formula is C15H10Cl6N5+. The second-order valence-electron chi connectivity index (χ2n) is 5.42. The fraction of sp³-hybridized carbons (Fsp3) is 0.133. The Kier molecular flexibility index (Phi) is 5.78. The first-order valence-corrected chi connectivity index (χ1v) is 9.32. The minimum atomic E-state index is 0.295. The highest BCUT2D eigenvalue weighted by molar-refractivity contribution is 6.41. The van der Waals surface area contributed by atoms with Crippen LogP contribution in [0.4, 0.5) is 5.95 Å². The van der Waals surface area contributed by atoms with E-state index in [-0.39, 0.29) is 0 Å². The average molecular weight is 473 g/mol. The highest BCUT2D eigenvalue weighted by atomic mass is 35.5. The first-order chi connectivity index (χ1) is 12.2. The van der Waals surface area contributed by atoms with Crippen LogP contribution in [0, 0.1) is 0 Å². The molecule has 0 radical (unpaired) electrons. The molecule has 0 fully saturated rings. The summed E-state index contributed by atoms with van der Waals surface area (Å²) < 4.78 is 1.47. The lowest BCUT2D eigenvalue weighted by atomic mass is 10.3. The maximum Gasteiger partial charge on any atom is 0.405 e. The van der Waals surface area contributed by atoms with Crippen LogP contribution in [0.5, 0.6) is 0 Å². The smallest absolute Gasteiger partial charge is 0.283 e. The van der Waals surface area contributed by atoms with Gasteiger partial charge in [0.05, 0.1) is 25.2 Å². The monoisotopic (exact) mass is 470 g/mol. The molecule has 0 saturated carbocycles. The molecule has 0 N–H and O–H groups in total. The van der Waals surface area contributed by atoms with Gasteiger partial charge in [-0.3, -0.25) is 4.90 Å². The maximum absolute atomic E-state index is 6.33. The van der Waals surface area contributed by atoms with E-state index in [1.54, 1.807) is 43.3 Å². The van der Waals surface area contributed by atoms with E-state index in [4.69, 9.17) is 69.6 Å². The standard InChI is InChI=1S/C15H10Cl6N5/c1-24(2)15-22-26(14-11(20)5-8(17)6-12(14)21)23-25(15)13-9(18)3-7(16)4-10(13)19/h3-6H,1-2H3/q+1. The van der Waals surface area contributed by atoms with Gasteiger partial charge in [-0.15, -0.1) is 0 Å². The van der Waals surface area contributed by atoms with Gasteiger partial charge in [0, 0.05) is 29.4 Å².